The van der Waals surface area contributed by atoms with Crippen LogP contribution in [0, 0.1) is 10.1 Å². The number of ether oxygens (including phenoxy) is 2. The third kappa shape index (κ3) is 6.59. The van der Waals surface area contributed by atoms with E-state index in [0.717, 1.165) is 11.6 Å². The lowest BCUT2D eigenvalue weighted by atomic mass is 10.1. The largest absolute Gasteiger partial charge is 0.495 e. The standard InChI is InChI=1S/C20H21N3O7/c1-13(20(26)22-16-11-15(23(27)28)8-9-17(16)29-2)30-19(25)12-21-18(24)10-14-6-4-3-5-7-14/h3-9,11,13H,10,12H2,1-2H3,(H,21,24)(H,22,26)/t13-/m0/s1. The van der Waals surface area contributed by atoms with E-state index in [-0.39, 0.29) is 29.5 Å². The molecule has 2 aromatic carbocycles. The fourth-order valence-electron chi connectivity index (χ4n) is 2.45. The highest BCUT2D eigenvalue weighted by atomic mass is 16.6. The zero-order chi connectivity index (χ0) is 22.1. The normalized spacial score (nSPS) is 11.1. The number of nitrogens with one attached hydrogen (secondary N) is 2. The molecule has 2 N–H and O–H groups in total. The van der Waals surface area contributed by atoms with Gasteiger partial charge in [-0.3, -0.25) is 24.5 Å². The van der Waals surface area contributed by atoms with Gasteiger partial charge in [0.2, 0.25) is 5.91 Å². The van der Waals surface area contributed by atoms with Crippen molar-refractivity contribution in [3.63, 3.8) is 0 Å². The molecule has 10 nitrogen and oxygen atoms in total. The number of esters is 1. The third-order valence-corrected chi connectivity index (χ3v) is 3.97. The lowest BCUT2D eigenvalue weighted by molar-refractivity contribution is -0.384. The van der Waals surface area contributed by atoms with Crippen LogP contribution in [-0.2, 0) is 25.5 Å². The topological polar surface area (TPSA) is 137 Å². The first kappa shape index (κ1) is 22.3. The third-order valence-electron chi connectivity index (χ3n) is 3.97. The van der Waals surface area contributed by atoms with Crippen molar-refractivity contribution in [2.75, 3.05) is 19.0 Å². The lowest BCUT2D eigenvalue weighted by Gasteiger charge is -2.15. The summed E-state index contributed by atoms with van der Waals surface area (Å²) >= 11 is 0. The summed E-state index contributed by atoms with van der Waals surface area (Å²) in [5, 5.41) is 15.8. The number of hydrogen-bond donors (Lipinski definition) is 2. The molecule has 30 heavy (non-hydrogen) atoms. The van der Waals surface area contributed by atoms with Crippen molar-refractivity contribution in [2.24, 2.45) is 0 Å². The Morgan fingerprint density at radius 2 is 1.83 bits per heavy atom. The predicted molar refractivity (Wildman–Crippen MR) is 107 cm³/mol. The maximum absolute atomic E-state index is 12.3. The summed E-state index contributed by atoms with van der Waals surface area (Å²) in [6.45, 7) is 0.937. The van der Waals surface area contributed by atoms with Gasteiger partial charge < -0.3 is 20.1 Å². The number of nitro groups is 1. The van der Waals surface area contributed by atoms with Crippen molar-refractivity contribution in [1.29, 1.82) is 0 Å². The number of nitrogens with zero attached hydrogens (tertiary/aromatic N) is 1. The first-order valence-corrected chi connectivity index (χ1v) is 8.93. The van der Waals surface area contributed by atoms with Crippen LogP contribution in [0.25, 0.3) is 0 Å². The number of carbonyl (C=O) groups excluding carboxylic acids is 3. The number of methoxy groups -OCH3 is 1. The van der Waals surface area contributed by atoms with Crippen LogP contribution < -0.4 is 15.4 Å². The van der Waals surface area contributed by atoms with Crippen LogP contribution in [0.2, 0.25) is 0 Å². The summed E-state index contributed by atoms with van der Waals surface area (Å²) in [5.74, 6) is -1.67. The summed E-state index contributed by atoms with van der Waals surface area (Å²) in [6.07, 6.45) is -1.09. The monoisotopic (exact) mass is 415 g/mol. The van der Waals surface area contributed by atoms with E-state index in [1.807, 2.05) is 6.07 Å². The summed E-state index contributed by atoms with van der Waals surface area (Å²) in [5.41, 5.74) is 0.620. The highest BCUT2D eigenvalue weighted by molar-refractivity contribution is 5.96. The Kier molecular flexibility index (Phi) is 7.86. The van der Waals surface area contributed by atoms with Crippen molar-refractivity contribution < 1.29 is 28.8 Å². The molecule has 2 aromatic rings. The molecule has 10 heteroatoms. The summed E-state index contributed by atoms with van der Waals surface area (Å²) < 4.78 is 10.1. The van der Waals surface area contributed by atoms with Gasteiger partial charge in [0.1, 0.15) is 12.3 Å². The average Bonchev–Trinajstić information content (AvgIpc) is 2.72. The van der Waals surface area contributed by atoms with Crippen molar-refractivity contribution in [2.45, 2.75) is 19.4 Å². The van der Waals surface area contributed by atoms with Crippen LogP contribution in [0.1, 0.15) is 12.5 Å². The zero-order valence-electron chi connectivity index (χ0n) is 16.4. The van der Waals surface area contributed by atoms with Gasteiger partial charge in [-0.15, -0.1) is 0 Å². The molecule has 0 heterocycles. The molecule has 0 unspecified atom stereocenters. The van der Waals surface area contributed by atoms with E-state index < -0.39 is 29.4 Å². The second kappa shape index (κ2) is 10.6. The van der Waals surface area contributed by atoms with Crippen molar-refractivity contribution in [3.05, 3.63) is 64.2 Å². The molecule has 2 amide bonds. The van der Waals surface area contributed by atoms with Crippen molar-refractivity contribution in [3.8, 4) is 5.75 Å². The molecule has 0 aliphatic heterocycles. The van der Waals surface area contributed by atoms with Gasteiger partial charge in [0, 0.05) is 12.1 Å². The van der Waals surface area contributed by atoms with Crippen LogP contribution >= 0.6 is 0 Å². The fraction of sp³-hybridized carbons (Fsp3) is 0.250. The second-order valence-corrected chi connectivity index (χ2v) is 6.20. The van der Waals surface area contributed by atoms with E-state index in [1.54, 1.807) is 24.3 Å². The number of carbonyl (C=O) groups is 3. The minimum Gasteiger partial charge on any atom is -0.495 e. The van der Waals surface area contributed by atoms with E-state index in [9.17, 15) is 24.5 Å². The van der Waals surface area contributed by atoms with Crippen LogP contribution in [0.15, 0.2) is 48.5 Å². The smallest absolute Gasteiger partial charge is 0.326 e. The van der Waals surface area contributed by atoms with Gasteiger partial charge in [0.15, 0.2) is 6.10 Å². The van der Waals surface area contributed by atoms with E-state index in [4.69, 9.17) is 9.47 Å². The maximum atomic E-state index is 12.3. The Bertz CT molecular complexity index is 931. The average molecular weight is 415 g/mol. The lowest BCUT2D eigenvalue weighted by Crippen LogP contribution is -2.36. The van der Waals surface area contributed by atoms with Crippen LogP contribution in [-0.4, -0.2) is 42.5 Å². The molecular weight excluding hydrogens is 394 g/mol. The number of non-ortho nitro benzene ring substituents is 1. The molecule has 0 bridgehead atoms. The molecular formula is C20H21N3O7. The van der Waals surface area contributed by atoms with Crippen LogP contribution in [0.3, 0.4) is 0 Å². The fourth-order valence-corrected chi connectivity index (χ4v) is 2.45. The molecule has 0 spiro atoms. The van der Waals surface area contributed by atoms with E-state index in [1.165, 1.54) is 26.2 Å². The predicted octanol–water partition coefficient (Wildman–Crippen LogP) is 1.83. The van der Waals surface area contributed by atoms with E-state index >= 15 is 0 Å². The first-order valence-electron chi connectivity index (χ1n) is 8.93. The molecule has 0 radical (unpaired) electrons. The number of hydrogen-bond acceptors (Lipinski definition) is 7. The molecule has 0 aliphatic carbocycles. The number of benzene rings is 2. The molecule has 158 valence electrons. The summed E-state index contributed by atoms with van der Waals surface area (Å²) in [4.78, 5) is 46.3. The van der Waals surface area contributed by atoms with Gasteiger partial charge in [0.05, 0.1) is 24.1 Å². The Labute approximate surface area is 172 Å². The highest BCUT2D eigenvalue weighted by Crippen LogP contribution is 2.29. The van der Waals surface area contributed by atoms with Gasteiger partial charge in [-0.2, -0.15) is 0 Å². The molecule has 1 atom stereocenters. The minimum atomic E-state index is -1.20. The van der Waals surface area contributed by atoms with Gasteiger partial charge in [-0.05, 0) is 18.6 Å². The molecule has 0 fully saturated rings. The van der Waals surface area contributed by atoms with Gasteiger partial charge >= 0.3 is 5.97 Å². The Hall–Kier alpha value is -3.95. The van der Waals surface area contributed by atoms with Crippen molar-refractivity contribution in [1.82, 2.24) is 5.32 Å². The summed E-state index contributed by atoms with van der Waals surface area (Å²) in [7, 11) is 1.35. The Morgan fingerprint density at radius 3 is 2.47 bits per heavy atom. The maximum Gasteiger partial charge on any atom is 0.326 e. The quantitative estimate of drug-likeness (QED) is 0.362. The Morgan fingerprint density at radius 1 is 1.13 bits per heavy atom. The van der Waals surface area contributed by atoms with Crippen LogP contribution in [0.5, 0.6) is 5.75 Å². The molecule has 2 rings (SSSR count). The summed E-state index contributed by atoms with van der Waals surface area (Å²) in [6, 6.07) is 12.7. The number of amides is 2. The zero-order valence-corrected chi connectivity index (χ0v) is 16.4. The van der Waals surface area contributed by atoms with Crippen molar-refractivity contribution >= 4 is 29.2 Å². The van der Waals surface area contributed by atoms with Gasteiger partial charge in [0.25, 0.3) is 11.6 Å². The second-order valence-electron chi connectivity index (χ2n) is 6.20. The first-order chi connectivity index (χ1) is 14.3. The van der Waals surface area contributed by atoms with E-state index in [2.05, 4.69) is 10.6 Å². The molecule has 0 aliphatic rings. The molecule has 0 aromatic heterocycles. The van der Waals surface area contributed by atoms with Crippen LogP contribution in [0.4, 0.5) is 11.4 Å². The molecule has 0 saturated heterocycles. The van der Waals surface area contributed by atoms with Gasteiger partial charge in [-0.25, -0.2) is 0 Å². The number of anilines is 1. The highest BCUT2D eigenvalue weighted by Gasteiger charge is 2.21. The SMILES string of the molecule is COc1ccc([N+](=O)[O-])cc1NC(=O)[C@H](C)OC(=O)CNC(=O)Cc1ccccc1. The molecule has 0 saturated carbocycles. The number of nitro benzene ring substituents is 1. The van der Waals surface area contributed by atoms with E-state index in [0.29, 0.717) is 0 Å². The van der Waals surface area contributed by atoms with Gasteiger partial charge in [-0.1, -0.05) is 30.3 Å². The number of rotatable bonds is 9. The Balaban J connectivity index is 1.86. The minimum absolute atomic E-state index is 0.0655.